The molecular formula is C23H20Cl2N6O2. The van der Waals surface area contributed by atoms with Crippen molar-refractivity contribution in [3.05, 3.63) is 58.5 Å². The van der Waals surface area contributed by atoms with E-state index in [1.54, 1.807) is 0 Å². The molecule has 1 N–H and O–H groups in total. The summed E-state index contributed by atoms with van der Waals surface area (Å²) in [6.07, 6.45) is 2.91. The monoisotopic (exact) mass is 482 g/mol. The average Bonchev–Trinajstić information content (AvgIpc) is 3.15. The molecule has 0 radical (unpaired) electrons. The lowest BCUT2D eigenvalue weighted by molar-refractivity contribution is -0.127. The number of anilines is 1. The minimum atomic E-state index is -0.407. The molecule has 0 saturated carbocycles. The lowest BCUT2D eigenvalue weighted by Gasteiger charge is -2.55. The molecule has 3 aromatic heterocycles. The van der Waals surface area contributed by atoms with Crippen molar-refractivity contribution in [3.63, 3.8) is 0 Å². The molecule has 0 amide bonds. The maximum absolute atomic E-state index is 6.25. The minimum Gasteiger partial charge on any atom is -0.486 e. The van der Waals surface area contributed by atoms with E-state index >= 15 is 0 Å². The van der Waals surface area contributed by atoms with Gasteiger partial charge in [-0.3, -0.25) is 5.10 Å². The molecular weight excluding hydrogens is 463 g/mol. The van der Waals surface area contributed by atoms with Crippen LogP contribution in [0.15, 0.2) is 42.7 Å². The van der Waals surface area contributed by atoms with Gasteiger partial charge in [-0.2, -0.15) is 10.2 Å². The van der Waals surface area contributed by atoms with Crippen LogP contribution in [0, 0.1) is 5.41 Å². The first kappa shape index (κ1) is 20.7. The number of hydrogen-bond donors (Lipinski definition) is 1. The molecule has 2 aliphatic heterocycles. The second kappa shape index (κ2) is 7.83. The smallest absolute Gasteiger partial charge is 0.160 e. The molecule has 168 valence electrons. The van der Waals surface area contributed by atoms with Gasteiger partial charge in [0.1, 0.15) is 23.4 Å². The summed E-state index contributed by atoms with van der Waals surface area (Å²) in [7, 11) is 0. The van der Waals surface area contributed by atoms with Crippen molar-refractivity contribution in [3.8, 4) is 17.0 Å². The topological polar surface area (TPSA) is 89.0 Å². The standard InChI is InChI=1S/C23H20Cl2N6O2/c1-13(20-17(24)8-27-30-22(20)25)33-15-3-4-18-16(6-15)21(29-28-18)14-2-5-19(26-7-14)31-9-23(10-31)11-32-12-23/h2-8,13H,9-12H2,1H3,(H,28,29). The van der Waals surface area contributed by atoms with Gasteiger partial charge < -0.3 is 14.4 Å². The van der Waals surface area contributed by atoms with Crippen LogP contribution in [-0.2, 0) is 4.74 Å². The normalized spacial score (nSPS) is 17.6. The highest BCUT2D eigenvalue weighted by Gasteiger charge is 2.49. The van der Waals surface area contributed by atoms with E-state index in [4.69, 9.17) is 32.7 Å². The highest BCUT2D eigenvalue weighted by Crippen LogP contribution is 2.40. The average molecular weight is 483 g/mol. The summed E-state index contributed by atoms with van der Waals surface area (Å²) < 4.78 is 11.5. The summed E-state index contributed by atoms with van der Waals surface area (Å²) in [5.41, 5.74) is 3.61. The number of hydrogen-bond acceptors (Lipinski definition) is 7. The number of nitrogens with zero attached hydrogens (tertiary/aromatic N) is 5. The van der Waals surface area contributed by atoms with Gasteiger partial charge in [0.25, 0.3) is 0 Å². The Balaban J connectivity index is 1.24. The zero-order chi connectivity index (χ0) is 22.6. The number of pyridine rings is 1. The maximum atomic E-state index is 6.25. The van der Waals surface area contributed by atoms with Gasteiger partial charge in [-0.25, -0.2) is 4.98 Å². The summed E-state index contributed by atoms with van der Waals surface area (Å²) in [6, 6.07) is 9.86. The summed E-state index contributed by atoms with van der Waals surface area (Å²) in [5, 5.41) is 16.8. The van der Waals surface area contributed by atoms with Crippen molar-refractivity contribution >= 4 is 39.9 Å². The van der Waals surface area contributed by atoms with E-state index in [0.717, 1.165) is 54.3 Å². The summed E-state index contributed by atoms with van der Waals surface area (Å²) in [6.45, 7) is 5.60. The Kier molecular flexibility index (Phi) is 4.90. The van der Waals surface area contributed by atoms with Crippen LogP contribution in [0.2, 0.25) is 10.2 Å². The first-order valence-electron chi connectivity index (χ1n) is 10.6. The molecule has 2 fully saturated rings. The Morgan fingerprint density at radius 3 is 2.70 bits per heavy atom. The molecule has 0 bridgehead atoms. The second-order valence-electron chi connectivity index (χ2n) is 8.69. The van der Waals surface area contributed by atoms with Gasteiger partial charge in [-0.1, -0.05) is 23.2 Å². The third kappa shape index (κ3) is 3.58. The molecule has 2 saturated heterocycles. The van der Waals surface area contributed by atoms with Crippen LogP contribution in [0.25, 0.3) is 22.2 Å². The second-order valence-corrected chi connectivity index (χ2v) is 9.46. The minimum absolute atomic E-state index is 0.226. The lowest BCUT2D eigenvalue weighted by Crippen LogP contribution is -2.66. The third-order valence-electron chi connectivity index (χ3n) is 6.26. The zero-order valence-corrected chi connectivity index (χ0v) is 19.3. The number of benzene rings is 1. The number of halogens is 2. The largest absolute Gasteiger partial charge is 0.486 e. The van der Waals surface area contributed by atoms with Crippen LogP contribution in [-0.4, -0.2) is 51.7 Å². The van der Waals surface area contributed by atoms with E-state index < -0.39 is 6.10 Å². The number of rotatable bonds is 5. The van der Waals surface area contributed by atoms with Crippen molar-refractivity contribution in [2.75, 3.05) is 31.2 Å². The quantitative estimate of drug-likeness (QED) is 0.440. The fourth-order valence-electron chi connectivity index (χ4n) is 4.48. The highest BCUT2D eigenvalue weighted by molar-refractivity contribution is 6.35. The van der Waals surface area contributed by atoms with Crippen molar-refractivity contribution in [1.82, 2.24) is 25.4 Å². The van der Waals surface area contributed by atoms with Crippen LogP contribution in [0.4, 0.5) is 5.82 Å². The molecule has 2 aliphatic rings. The van der Waals surface area contributed by atoms with E-state index in [-0.39, 0.29) is 5.15 Å². The number of ether oxygens (including phenoxy) is 2. The Hall–Kier alpha value is -2.94. The zero-order valence-electron chi connectivity index (χ0n) is 17.8. The Morgan fingerprint density at radius 1 is 1.15 bits per heavy atom. The predicted molar refractivity (Wildman–Crippen MR) is 126 cm³/mol. The molecule has 4 aromatic rings. The molecule has 33 heavy (non-hydrogen) atoms. The van der Waals surface area contributed by atoms with E-state index in [1.165, 1.54) is 6.20 Å². The van der Waals surface area contributed by atoms with Gasteiger partial charge in [0.2, 0.25) is 0 Å². The van der Waals surface area contributed by atoms with Crippen LogP contribution in [0.3, 0.4) is 0 Å². The first-order valence-corrected chi connectivity index (χ1v) is 11.4. The van der Waals surface area contributed by atoms with Gasteiger partial charge in [0.15, 0.2) is 5.15 Å². The number of H-pyrrole nitrogens is 1. The molecule has 5 heterocycles. The molecule has 10 heteroatoms. The maximum Gasteiger partial charge on any atom is 0.160 e. The Labute approximate surface area is 199 Å². The van der Waals surface area contributed by atoms with Crippen molar-refractivity contribution in [1.29, 1.82) is 0 Å². The van der Waals surface area contributed by atoms with E-state index in [9.17, 15) is 0 Å². The fraction of sp³-hybridized carbons (Fsp3) is 0.304. The molecule has 6 rings (SSSR count). The molecule has 1 aromatic carbocycles. The van der Waals surface area contributed by atoms with E-state index in [0.29, 0.717) is 21.8 Å². The number of fused-ring (bicyclic) bond motifs is 1. The van der Waals surface area contributed by atoms with Crippen molar-refractivity contribution in [2.45, 2.75) is 13.0 Å². The highest BCUT2D eigenvalue weighted by atomic mass is 35.5. The molecule has 1 unspecified atom stereocenters. The van der Waals surface area contributed by atoms with Crippen molar-refractivity contribution in [2.24, 2.45) is 5.41 Å². The van der Waals surface area contributed by atoms with E-state index in [1.807, 2.05) is 37.4 Å². The number of aromatic nitrogens is 5. The Bertz CT molecular complexity index is 1310. The molecule has 0 aliphatic carbocycles. The molecule has 8 nitrogen and oxygen atoms in total. The first-order chi connectivity index (χ1) is 16.0. The van der Waals surface area contributed by atoms with E-state index in [2.05, 4.69) is 36.3 Å². The van der Waals surface area contributed by atoms with Crippen LogP contribution in [0.1, 0.15) is 18.6 Å². The van der Waals surface area contributed by atoms with Crippen molar-refractivity contribution < 1.29 is 9.47 Å². The fourth-order valence-corrected chi connectivity index (χ4v) is 5.11. The third-order valence-corrected chi connectivity index (χ3v) is 6.84. The summed E-state index contributed by atoms with van der Waals surface area (Å²) in [4.78, 5) is 6.96. The summed E-state index contributed by atoms with van der Waals surface area (Å²) >= 11 is 12.4. The van der Waals surface area contributed by atoms with Gasteiger partial charge in [-0.05, 0) is 37.3 Å². The number of nitrogens with one attached hydrogen (secondary N) is 1. The lowest BCUT2D eigenvalue weighted by atomic mass is 9.78. The SMILES string of the molecule is CC(Oc1ccc2[nH]nc(-c3ccc(N4CC5(COC5)C4)nc3)c2c1)c1c(Cl)cnnc1Cl. The molecule has 1 spiro atoms. The number of aromatic amines is 1. The molecule has 1 atom stereocenters. The Morgan fingerprint density at radius 2 is 2.00 bits per heavy atom. The van der Waals surface area contributed by atoms with Gasteiger partial charge in [0.05, 0.1) is 40.9 Å². The van der Waals surface area contributed by atoms with Crippen LogP contribution in [0.5, 0.6) is 5.75 Å². The van der Waals surface area contributed by atoms with Gasteiger partial charge in [0, 0.05) is 30.2 Å². The van der Waals surface area contributed by atoms with Gasteiger partial charge >= 0.3 is 0 Å². The summed E-state index contributed by atoms with van der Waals surface area (Å²) in [5.74, 6) is 1.65. The van der Waals surface area contributed by atoms with Crippen LogP contribution >= 0.6 is 23.2 Å². The predicted octanol–water partition coefficient (Wildman–Crippen LogP) is 4.70. The van der Waals surface area contributed by atoms with Crippen LogP contribution < -0.4 is 9.64 Å². The van der Waals surface area contributed by atoms with Gasteiger partial charge in [-0.15, -0.1) is 5.10 Å².